The minimum absolute atomic E-state index is 0.0700. The summed E-state index contributed by atoms with van der Waals surface area (Å²) in [5, 5.41) is 0.353. The molecule has 1 aliphatic rings. The first kappa shape index (κ1) is 30.2. The van der Waals surface area contributed by atoms with Gasteiger partial charge in [0.2, 0.25) is 0 Å². The Morgan fingerprint density at radius 2 is 1.85 bits per heavy atom. The number of nitrogens with zero attached hydrogens (tertiary/aromatic N) is 2. The van der Waals surface area contributed by atoms with Gasteiger partial charge in [-0.05, 0) is 76.1 Å². The number of hydrogen-bond acceptors (Lipinski definition) is 9. The number of esters is 1. The smallest absolute Gasteiger partial charge is 0.338 e. The lowest BCUT2D eigenvalue weighted by Gasteiger charge is -2.25. The van der Waals surface area contributed by atoms with Gasteiger partial charge in [-0.1, -0.05) is 29.0 Å². The Kier molecular flexibility index (Phi) is 9.45. The average Bonchev–Trinajstić information content (AvgIpc) is 3.22. The van der Waals surface area contributed by atoms with Gasteiger partial charge in [0, 0.05) is 0 Å². The normalized spacial score (nSPS) is 15.0. The molecule has 1 atom stereocenters. The predicted octanol–water partition coefficient (Wildman–Crippen LogP) is 4.65. The number of rotatable bonds is 10. The van der Waals surface area contributed by atoms with Crippen LogP contribution in [0.15, 0.2) is 51.4 Å². The maximum atomic E-state index is 14.0. The van der Waals surface area contributed by atoms with Crippen LogP contribution < -0.4 is 33.8 Å². The zero-order valence-corrected chi connectivity index (χ0v) is 25.6. The van der Waals surface area contributed by atoms with Crippen LogP contribution in [0.3, 0.4) is 0 Å². The van der Waals surface area contributed by atoms with Gasteiger partial charge >= 0.3 is 5.97 Å². The van der Waals surface area contributed by atoms with Gasteiger partial charge in [0.25, 0.3) is 5.56 Å². The molecule has 0 radical (unpaired) electrons. The Morgan fingerprint density at radius 3 is 2.49 bits per heavy atom. The van der Waals surface area contributed by atoms with E-state index in [0.29, 0.717) is 60.8 Å². The summed E-state index contributed by atoms with van der Waals surface area (Å²) in [4.78, 5) is 32.3. The molecule has 0 amide bonds. The summed E-state index contributed by atoms with van der Waals surface area (Å²) in [6.45, 7) is 9.76. The number of allylic oxidation sites excluding steroid dienone is 1. The molecule has 0 unspecified atom stereocenters. The van der Waals surface area contributed by atoms with Crippen LogP contribution in [0.2, 0.25) is 5.02 Å². The van der Waals surface area contributed by atoms with E-state index in [4.69, 9.17) is 35.3 Å². The molecule has 0 fully saturated rings. The molecule has 4 rings (SSSR count). The lowest BCUT2D eigenvalue weighted by atomic mass is 9.95. The van der Waals surface area contributed by atoms with Crippen molar-refractivity contribution in [1.29, 1.82) is 0 Å². The van der Waals surface area contributed by atoms with Crippen molar-refractivity contribution in [1.82, 2.24) is 4.57 Å². The van der Waals surface area contributed by atoms with Crippen LogP contribution >= 0.6 is 22.9 Å². The minimum Gasteiger partial charge on any atom is -0.493 e. The molecule has 11 heteroatoms. The standard InChI is InChI=1S/C30H33ClN2O7S/c1-8-38-23-13-18(12-20(31)27(23)37-7)14-24-28(34)33-26(19-10-11-21(40-16(3)4)22(15-19)36-6)25(29(35)39-9-2)17(5)32-30(33)41-24/h10-16,26H,8-9H2,1-7H3/b24-14-/t26-/m1/s1. The van der Waals surface area contributed by atoms with Crippen LogP contribution in [-0.2, 0) is 9.53 Å². The van der Waals surface area contributed by atoms with Gasteiger partial charge in [-0.3, -0.25) is 9.36 Å². The number of benzene rings is 2. The second-order valence-electron chi connectivity index (χ2n) is 9.35. The summed E-state index contributed by atoms with van der Waals surface area (Å²) in [6, 6.07) is 8.03. The Morgan fingerprint density at radius 1 is 1.10 bits per heavy atom. The Hall–Kier alpha value is -3.76. The van der Waals surface area contributed by atoms with Crippen LogP contribution in [0, 0.1) is 0 Å². The SMILES string of the molecule is CCOC(=O)C1=C(C)N=c2s/c(=C\c3cc(Cl)c(OC)c(OCC)c3)c(=O)n2[C@@H]1c1ccc(OC(C)C)c(OC)c1. The quantitative estimate of drug-likeness (QED) is 0.312. The van der Waals surface area contributed by atoms with Crippen molar-refractivity contribution in [2.75, 3.05) is 27.4 Å². The molecule has 3 aromatic rings. The van der Waals surface area contributed by atoms with E-state index in [1.807, 2.05) is 26.8 Å². The fraction of sp³-hybridized carbons (Fsp3) is 0.367. The summed E-state index contributed by atoms with van der Waals surface area (Å²) in [5.41, 5.74) is 1.72. The topological polar surface area (TPSA) is 97.6 Å². The zero-order chi connectivity index (χ0) is 29.8. The highest BCUT2D eigenvalue weighted by molar-refractivity contribution is 7.07. The molecule has 0 bridgehead atoms. The highest BCUT2D eigenvalue weighted by atomic mass is 35.5. The number of halogens is 1. The van der Waals surface area contributed by atoms with Gasteiger partial charge in [-0.25, -0.2) is 9.79 Å². The molecule has 9 nitrogen and oxygen atoms in total. The fourth-order valence-electron chi connectivity index (χ4n) is 4.60. The number of fused-ring (bicyclic) bond motifs is 1. The van der Waals surface area contributed by atoms with Crippen molar-refractivity contribution in [2.45, 2.75) is 46.8 Å². The van der Waals surface area contributed by atoms with Crippen molar-refractivity contribution in [3.8, 4) is 23.0 Å². The van der Waals surface area contributed by atoms with Crippen LogP contribution in [0.1, 0.15) is 51.8 Å². The van der Waals surface area contributed by atoms with Crippen LogP contribution in [0.4, 0.5) is 0 Å². The average molecular weight is 601 g/mol. The van der Waals surface area contributed by atoms with Crippen molar-refractivity contribution < 1.29 is 28.5 Å². The molecule has 0 saturated carbocycles. The molecule has 2 aromatic carbocycles. The highest BCUT2D eigenvalue weighted by Gasteiger charge is 2.34. The highest BCUT2D eigenvalue weighted by Crippen LogP contribution is 2.38. The first-order valence-corrected chi connectivity index (χ1v) is 14.4. The van der Waals surface area contributed by atoms with E-state index in [0.717, 1.165) is 0 Å². The van der Waals surface area contributed by atoms with Gasteiger partial charge in [0.05, 0.1) is 60.4 Å². The summed E-state index contributed by atoms with van der Waals surface area (Å²) in [7, 11) is 3.06. The third-order valence-electron chi connectivity index (χ3n) is 6.22. The molecule has 0 spiro atoms. The number of carbonyl (C=O) groups is 1. The molecule has 218 valence electrons. The molecule has 0 saturated heterocycles. The van der Waals surface area contributed by atoms with Crippen molar-refractivity contribution >= 4 is 35.0 Å². The fourth-order valence-corrected chi connectivity index (χ4v) is 5.94. The summed E-state index contributed by atoms with van der Waals surface area (Å²) in [5.74, 6) is 1.38. The monoisotopic (exact) mass is 600 g/mol. The molecule has 1 aliphatic heterocycles. The number of carbonyl (C=O) groups excluding carboxylic acids is 1. The number of aromatic nitrogens is 1. The van der Waals surface area contributed by atoms with E-state index in [2.05, 4.69) is 4.99 Å². The van der Waals surface area contributed by atoms with E-state index < -0.39 is 12.0 Å². The summed E-state index contributed by atoms with van der Waals surface area (Å²) < 4.78 is 29.9. The number of ether oxygens (including phenoxy) is 5. The lowest BCUT2D eigenvalue weighted by Crippen LogP contribution is -2.40. The molecule has 2 heterocycles. The van der Waals surface area contributed by atoms with Crippen LogP contribution in [0.5, 0.6) is 23.0 Å². The minimum atomic E-state index is -0.798. The third kappa shape index (κ3) is 6.13. The van der Waals surface area contributed by atoms with Gasteiger partial charge in [0.15, 0.2) is 27.8 Å². The number of hydrogen-bond donors (Lipinski definition) is 0. The van der Waals surface area contributed by atoms with Gasteiger partial charge in [0.1, 0.15) is 0 Å². The van der Waals surface area contributed by atoms with Crippen molar-refractivity contribution in [3.05, 3.63) is 77.4 Å². The van der Waals surface area contributed by atoms with E-state index in [-0.39, 0.29) is 23.8 Å². The van der Waals surface area contributed by atoms with Crippen LogP contribution in [-0.4, -0.2) is 44.1 Å². The Balaban J connectivity index is 1.94. The molecule has 0 N–H and O–H groups in total. The second kappa shape index (κ2) is 12.8. The van der Waals surface area contributed by atoms with E-state index >= 15 is 0 Å². The molecular formula is C30H33ClN2O7S. The second-order valence-corrected chi connectivity index (χ2v) is 10.8. The van der Waals surface area contributed by atoms with E-state index in [1.54, 1.807) is 51.3 Å². The molecular weight excluding hydrogens is 568 g/mol. The van der Waals surface area contributed by atoms with Gasteiger partial charge < -0.3 is 23.7 Å². The van der Waals surface area contributed by atoms with E-state index in [9.17, 15) is 9.59 Å². The summed E-state index contributed by atoms with van der Waals surface area (Å²) >= 11 is 7.67. The largest absolute Gasteiger partial charge is 0.493 e. The lowest BCUT2D eigenvalue weighted by molar-refractivity contribution is -0.139. The van der Waals surface area contributed by atoms with Crippen molar-refractivity contribution in [2.24, 2.45) is 4.99 Å². The number of thiazole rings is 1. The van der Waals surface area contributed by atoms with Crippen molar-refractivity contribution in [3.63, 3.8) is 0 Å². The predicted molar refractivity (Wildman–Crippen MR) is 158 cm³/mol. The van der Waals surface area contributed by atoms with Gasteiger partial charge in [-0.15, -0.1) is 0 Å². The molecule has 1 aromatic heterocycles. The summed E-state index contributed by atoms with van der Waals surface area (Å²) in [6.07, 6.45) is 1.65. The first-order valence-electron chi connectivity index (χ1n) is 13.2. The molecule has 0 aliphatic carbocycles. The Labute approximate surface area is 247 Å². The number of methoxy groups -OCH3 is 2. The maximum Gasteiger partial charge on any atom is 0.338 e. The van der Waals surface area contributed by atoms with Gasteiger partial charge in [-0.2, -0.15) is 0 Å². The molecule has 41 heavy (non-hydrogen) atoms. The third-order valence-corrected chi connectivity index (χ3v) is 7.48. The van der Waals surface area contributed by atoms with E-state index in [1.165, 1.54) is 23.0 Å². The van der Waals surface area contributed by atoms with Crippen LogP contribution in [0.25, 0.3) is 6.08 Å². The Bertz CT molecular complexity index is 1670. The first-order chi connectivity index (χ1) is 19.6. The maximum absolute atomic E-state index is 14.0. The zero-order valence-electron chi connectivity index (χ0n) is 24.1.